The molecule has 3 aromatic carbocycles. The fourth-order valence-electron chi connectivity index (χ4n) is 5.36. The zero-order valence-electron chi connectivity index (χ0n) is 22.4. The molecule has 0 radical (unpaired) electrons. The number of esters is 1. The molecule has 0 saturated carbocycles. The first-order valence-electron chi connectivity index (χ1n) is 13.3. The number of amides is 3. The summed E-state index contributed by atoms with van der Waals surface area (Å²) < 4.78 is 6.43. The maximum absolute atomic E-state index is 14.0. The Morgan fingerprint density at radius 3 is 2.21 bits per heavy atom. The number of rotatable bonds is 7. The molecule has 3 heterocycles. The molecule has 2 aliphatic rings. The van der Waals surface area contributed by atoms with E-state index in [4.69, 9.17) is 4.74 Å². The molecule has 4 aromatic rings. The lowest BCUT2D eigenvalue weighted by Crippen LogP contribution is -2.33. The van der Waals surface area contributed by atoms with E-state index in [-0.39, 0.29) is 29.8 Å². The molecule has 1 saturated heterocycles. The maximum atomic E-state index is 14.0. The fraction of sp³-hybridized carbons (Fsp3) is 0.194. The molecule has 1 fully saturated rings. The SMILES string of the molecule is CCOC(=O)c1ccc(N2C(=O)C3Sc4c(sc(=O)n4CC(=O)Nc4ccccc4)[C@@H](c4ccccc4)C3C2=O)cc1. The number of fused-ring (bicyclic) bond motifs is 2. The van der Waals surface area contributed by atoms with Gasteiger partial charge in [-0.15, -0.1) is 0 Å². The molecule has 212 valence electrons. The summed E-state index contributed by atoms with van der Waals surface area (Å²) in [4.78, 5) is 67.6. The summed E-state index contributed by atoms with van der Waals surface area (Å²) in [6.45, 7) is 1.71. The summed E-state index contributed by atoms with van der Waals surface area (Å²) in [6.07, 6.45) is 0. The van der Waals surface area contributed by atoms with Gasteiger partial charge in [-0.3, -0.25) is 23.7 Å². The zero-order chi connectivity index (χ0) is 29.4. The second-order valence-electron chi connectivity index (χ2n) is 9.77. The van der Waals surface area contributed by atoms with Gasteiger partial charge >= 0.3 is 10.8 Å². The van der Waals surface area contributed by atoms with Gasteiger partial charge in [0.25, 0.3) is 0 Å². The van der Waals surface area contributed by atoms with Crippen molar-refractivity contribution < 1.29 is 23.9 Å². The molecule has 3 amide bonds. The molecule has 0 spiro atoms. The number of carbonyl (C=O) groups is 4. The van der Waals surface area contributed by atoms with Crippen LogP contribution >= 0.6 is 23.1 Å². The van der Waals surface area contributed by atoms with Crippen molar-refractivity contribution in [1.82, 2.24) is 4.57 Å². The molecule has 9 nitrogen and oxygen atoms in total. The van der Waals surface area contributed by atoms with E-state index in [9.17, 15) is 24.0 Å². The molecule has 1 aromatic heterocycles. The number of benzene rings is 3. The Morgan fingerprint density at radius 1 is 0.881 bits per heavy atom. The Balaban J connectivity index is 1.36. The van der Waals surface area contributed by atoms with Gasteiger partial charge in [0, 0.05) is 16.5 Å². The van der Waals surface area contributed by atoms with Crippen molar-refractivity contribution in [3.05, 3.63) is 111 Å². The molecule has 6 rings (SSSR count). The normalized spacial score (nSPS) is 19.3. The van der Waals surface area contributed by atoms with E-state index in [0.29, 0.717) is 26.8 Å². The van der Waals surface area contributed by atoms with E-state index in [1.54, 1.807) is 43.3 Å². The van der Waals surface area contributed by atoms with Gasteiger partial charge in [0.1, 0.15) is 11.8 Å². The third kappa shape index (κ3) is 4.94. The highest BCUT2D eigenvalue weighted by Gasteiger charge is 2.56. The van der Waals surface area contributed by atoms with Gasteiger partial charge in [0.15, 0.2) is 0 Å². The van der Waals surface area contributed by atoms with Crippen LogP contribution in [-0.4, -0.2) is 40.1 Å². The van der Waals surface area contributed by atoms with E-state index in [1.165, 1.54) is 16.7 Å². The third-order valence-electron chi connectivity index (χ3n) is 7.20. The van der Waals surface area contributed by atoms with Gasteiger partial charge in [-0.2, -0.15) is 0 Å². The molecule has 0 aliphatic carbocycles. The average Bonchev–Trinajstić information content (AvgIpc) is 3.44. The van der Waals surface area contributed by atoms with E-state index >= 15 is 0 Å². The largest absolute Gasteiger partial charge is 0.462 e. The Morgan fingerprint density at radius 2 is 1.55 bits per heavy atom. The van der Waals surface area contributed by atoms with Gasteiger partial charge in [-0.1, -0.05) is 71.6 Å². The Bertz CT molecular complexity index is 1730. The number of hydrogen-bond donors (Lipinski definition) is 1. The van der Waals surface area contributed by atoms with Crippen LogP contribution in [0.2, 0.25) is 0 Å². The topological polar surface area (TPSA) is 115 Å². The summed E-state index contributed by atoms with van der Waals surface area (Å²) in [6, 6.07) is 24.4. The van der Waals surface area contributed by atoms with Crippen molar-refractivity contribution in [3.63, 3.8) is 0 Å². The molecular formula is C31H25N3O6S2. The van der Waals surface area contributed by atoms with Crippen molar-refractivity contribution in [2.75, 3.05) is 16.8 Å². The minimum atomic E-state index is -0.808. The van der Waals surface area contributed by atoms with Crippen LogP contribution < -0.4 is 15.1 Å². The van der Waals surface area contributed by atoms with Crippen molar-refractivity contribution in [3.8, 4) is 0 Å². The number of para-hydroxylation sites is 1. The van der Waals surface area contributed by atoms with E-state index in [0.717, 1.165) is 33.6 Å². The minimum Gasteiger partial charge on any atom is -0.462 e. The molecule has 2 aliphatic heterocycles. The number of thioether (sulfide) groups is 1. The third-order valence-corrected chi connectivity index (χ3v) is 9.81. The highest BCUT2D eigenvalue weighted by molar-refractivity contribution is 8.00. The molecule has 3 atom stereocenters. The standard InChI is InChI=1S/C31H25N3O6S2/c1-2-40-30(38)19-13-15-21(16-14-19)34-27(36)24-23(18-9-5-3-6-10-18)26-29(41-25(24)28(34)37)33(31(39)42-26)17-22(35)32-20-11-7-4-8-12-20/h3-16,23-25H,2,17H2,1H3,(H,32,35)/t23-,24?,25?/m0/s1. The Hall–Kier alpha value is -4.48. The van der Waals surface area contributed by atoms with Crippen LogP contribution in [-0.2, 0) is 25.7 Å². The summed E-state index contributed by atoms with van der Waals surface area (Å²) in [7, 11) is 0. The first kappa shape index (κ1) is 27.7. The van der Waals surface area contributed by atoms with Gasteiger partial charge in [0.2, 0.25) is 17.7 Å². The lowest BCUT2D eigenvalue weighted by atomic mass is 9.83. The molecule has 11 heteroatoms. The number of ether oxygens (including phenoxy) is 1. The van der Waals surface area contributed by atoms with Crippen LogP contribution in [0.3, 0.4) is 0 Å². The van der Waals surface area contributed by atoms with Crippen molar-refractivity contribution >= 4 is 58.2 Å². The van der Waals surface area contributed by atoms with E-state index in [1.807, 2.05) is 36.4 Å². The zero-order valence-corrected chi connectivity index (χ0v) is 24.0. The maximum Gasteiger partial charge on any atom is 0.338 e. The highest BCUT2D eigenvalue weighted by Crippen LogP contribution is 2.53. The minimum absolute atomic E-state index is 0.230. The second kappa shape index (κ2) is 11.4. The van der Waals surface area contributed by atoms with E-state index < -0.39 is 29.0 Å². The van der Waals surface area contributed by atoms with Crippen LogP contribution in [0.15, 0.2) is 94.7 Å². The monoisotopic (exact) mass is 599 g/mol. The summed E-state index contributed by atoms with van der Waals surface area (Å²) in [5, 5.41) is 2.51. The first-order valence-corrected chi connectivity index (χ1v) is 15.0. The number of imide groups is 1. The molecule has 1 N–H and O–H groups in total. The lowest BCUT2D eigenvalue weighted by Gasteiger charge is -2.30. The molecule has 2 unspecified atom stereocenters. The van der Waals surface area contributed by atoms with Gasteiger partial charge in [-0.25, -0.2) is 9.69 Å². The molecule has 42 heavy (non-hydrogen) atoms. The lowest BCUT2D eigenvalue weighted by molar-refractivity contribution is -0.122. The Labute approximate surface area is 249 Å². The summed E-state index contributed by atoms with van der Waals surface area (Å²) >= 11 is 2.15. The van der Waals surface area contributed by atoms with Crippen molar-refractivity contribution in [1.29, 1.82) is 0 Å². The predicted molar refractivity (Wildman–Crippen MR) is 160 cm³/mol. The van der Waals surface area contributed by atoms with Gasteiger partial charge in [-0.05, 0) is 48.9 Å². The first-order chi connectivity index (χ1) is 20.4. The van der Waals surface area contributed by atoms with Gasteiger partial charge in [0.05, 0.1) is 28.8 Å². The number of carbonyl (C=O) groups excluding carboxylic acids is 4. The smallest absolute Gasteiger partial charge is 0.338 e. The predicted octanol–water partition coefficient (Wildman–Crippen LogP) is 4.52. The summed E-state index contributed by atoms with van der Waals surface area (Å²) in [5.74, 6) is -2.97. The van der Waals surface area contributed by atoms with Crippen LogP contribution in [0.5, 0.6) is 0 Å². The fourth-order valence-corrected chi connectivity index (χ4v) is 8.13. The average molecular weight is 600 g/mol. The number of hydrogen-bond acceptors (Lipinski definition) is 8. The number of nitrogens with zero attached hydrogens (tertiary/aromatic N) is 2. The van der Waals surface area contributed by atoms with E-state index in [2.05, 4.69) is 5.32 Å². The molecule has 0 bridgehead atoms. The van der Waals surface area contributed by atoms with Gasteiger partial charge < -0.3 is 10.1 Å². The Kier molecular flexibility index (Phi) is 7.53. The van der Waals surface area contributed by atoms with Crippen LogP contribution in [0.4, 0.5) is 11.4 Å². The highest BCUT2D eigenvalue weighted by atomic mass is 32.2. The number of thiazole rings is 1. The van der Waals surface area contributed by atoms with Crippen LogP contribution in [0.1, 0.15) is 33.6 Å². The van der Waals surface area contributed by atoms with Crippen molar-refractivity contribution in [2.24, 2.45) is 5.92 Å². The van der Waals surface area contributed by atoms with Crippen LogP contribution in [0.25, 0.3) is 0 Å². The summed E-state index contributed by atoms with van der Waals surface area (Å²) in [5.41, 5.74) is 2.07. The van der Waals surface area contributed by atoms with Crippen LogP contribution in [0, 0.1) is 5.92 Å². The second-order valence-corrected chi connectivity index (χ2v) is 11.9. The number of nitrogens with one attached hydrogen (secondary N) is 1. The van der Waals surface area contributed by atoms with Crippen molar-refractivity contribution in [2.45, 2.75) is 29.7 Å². The number of anilines is 2. The molecular weight excluding hydrogens is 574 g/mol. The number of aromatic nitrogens is 1. The quantitative estimate of drug-likeness (QED) is 0.245.